The maximum Gasteiger partial charge on any atom is 0.321 e. The van der Waals surface area contributed by atoms with E-state index in [0.29, 0.717) is 6.42 Å². The van der Waals surface area contributed by atoms with Crippen LogP contribution in [0.2, 0.25) is 0 Å². The van der Waals surface area contributed by atoms with Gasteiger partial charge in [0.15, 0.2) is 0 Å². The maximum absolute atomic E-state index is 13.7. The largest absolute Gasteiger partial charge is 0.497 e. The molecule has 2 aromatic carbocycles. The smallest absolute Gasteiger partial charge is 0.321 e. The monoisotopic (exact) mass is 340 g/mol. The number of hydrogen-bond acceptors (Lipinski definition) is 3. The highest BCUT2D eigenvalue weighted by Crippen LogP contribution is 2.36. The lowest BCUT2D eigenvalue weighted by molar-refractivity contribution is -0.139. The Balaban J connectivity index is 1.87. The number of carboxylic acids is 1. The number of aromatic amines is 1. The van der Waals surface area contributed by atoms with Crippen LogP contribution in [0.5, 0.6) is 5.75 Å². The second-order valence-electron chi connectivity index (χ2n) is 6.17. The van der Waals surface area contributed by atoms with Crippen molar-refractivity contribution in [2.45, 2.75) is 18.5 Å². The van der Waals surface area contributed by atoms with E-state index in [9.17, 15) is 14.3 Å². The number of aliphatic carboxylic acids is 1. The number of rotatable bonds is 3. The Morgan fingerprint density at radius 1 is 1.24 bits per heavy atom. The van der Waals surface area contributed by atoms with E-state index >= 15 is 0 Å². The summed E-state index contributed by atoms with van der Waals surface area (Å²) in [5.74, 6) is -0.524. The Morgan fingerprint density at radius 2 is 2.00 bits per heavy atom. The molecule has 0 bridgehead atoms. The van der Waals surface area contributed by atoms with Crippen LogP contribution >= 0.6 is 0 Å². The first kappa shape index (κ1) is 15.7. The van der Waals surface area contributed by atoms with Crippen LogP contribution in [0.15, 0.2) is 42.5 Å². The average molecular weight is 340 g/mol. The molecule has 0 fully saturated rings. The fraction of sp³-hybridized carbons (Fsp3) is 0.211. The number of hydrogen-bond donors (Lipinski definition) is 3. The van der Waals surface area contributed by atoms with Crippen molar-refractivity contribution in [1.82, 2.24) is 10.3 Å². The van der Waals surface area contributed by atoms with Crippen molar-refractivity contribution in [3.8, 4) is 5.75 Å². The van der Waals surface area contributed by atoms with Gasteiger partial charge in [-0.2, -0.15) is 0 Å². The number of aromatic nitrogens is 1. The molecule has 1 aliphatic rings. The Morgan fingerprint density at radius 3 is 2.68 bits per heavy atom. The predicted molar refractivity (Wildman–Crippen MR) is 91.4 cm³/mol. The molecule has 0 radical (unpaired) electrons. The van der Waals surface area contributed by atoms with Crippen LogP contribution in [0.3, 0.4) is 0 Å². The molecule has 2 heterocycles. The summed E-state index contributed by atoms with van der Waals surface area (Å²) >= 11 is 0. The zero-order valence-corrected chi connectivity index (χ0v) is 13.5. The molecule has 2 atom stereocenters. The van der Waals surface area contributed by atoms with E-state index in [4.69, 9.17) is 4.74 Å². The minimum Gasteiger partial charge on any atom is -0.497 e. The SMILES string of the molecule is COc1ccc(C2NC(C(=O)O)Cc3c2[nH]c2ccc(F)cc32)cc1. The molecule has 0 saturated heterocycles. The van der Waals surface area contributed by atoms with Gasteiger partial charge in [0.05, 0.1) is 13.2 Å². The second-order valence-corrected chi connectivity index (χ2v) is 6.17. The summed E-state index contributed by atoms with van der Waals surface area (Å²) in [6.45, 7) is 0. The van der Waals surface area contributed by atoms with Crippen molar-refractivity contribution in [2.24, 2.45) is 0 Å². The van der Waals surface area contributed by atoms with Gasteiger partial charge in [-0.1, -0.05) is 12.1 Å². The summed E-state index contributed by atoms with van der Waals surface area (Å²) < 4.78 is 18.9. The van der Waals surface area contributed by atoms with Gasteiger partial charge in [-0.05, 0) is 41.5 Å². The molecular weight excluding hydrogens is 323 g/mol. The van der Waals surface area contributed by atoms with Gasteiger partial charge in [-0.25, -0.2) is 4.39 Å². The van der Waals surface area contributed by atoms with Crippen LogP contribution in [0.25, 0.3) is 10.9 Å². The molecule has 1 aromatic heterocycles. The molecular formula is C19H17FN2O3. The number of carbonyl (C=O) groups is 1. The lowest BCUT2D eigenvalue weighted by atomic mass is 9.90. The molecule has 25 heavy (non-hydrogen) atoms. The van der Waals surface area contributed by atoms with Gasteiger partial charge < -0.3 is 14.8 Å². The van der Waals surface area contributed by atoms with E-state index in [0.717, 1.165) is 33.5 Å². The lowest BCUT2D eigenvalue weighted by Crippen LogP contribution is -2.44. The lowest BCUT2D eigenvalue weighted by Gasteiger charge is -2.29. The number of ether oxygens (including phenoxy) is 1. The Kier molecular flexibility index (Phi) is 3.69. The molecule has 0 aliphatic carbocycles. The molecule has 0 amide bonds. The van der Waals surface area contributed by atoms with E-state index < -0.39 is 12.0 Å². The number of methoxy groups -OCH3 is 1. The summed E-state index contributed by atoms with van der Waals surface area (Å²) in [5.41, 5.74) is 3.45. The summed E-state index contributed by atoms with van der Waals surface area (Å²) in [4.78, 5) is 14.9. The van der Waals surface area contributed by atoms with Crippen molar-refractivity contribution >= 4 is 16.9 Å². The minimum absolute atomic E-state index is 0.306. The van der Waals surface area contributed by atoms with Gasteiger partial charge in [0.25, 0.3) is 0 Å². The summed E-state index contributed by atoms with van der Waals surface area (Å²) in [5, 5.41) is 13.4. The first-order chi connectivity index (χ1) is 12.1. The minimum atomic E-state index is -0.921. The molecule has 2 unspecified atom stereocenters. The second kappa shape index (κ2) is 5.89. The molecule has 1 aliphatic heterocycles. The average Bonchev–Trinajstić information content (AvgIpc) is 2.99. The first-order valence-electron chi connectivity index (χ1n) is 7.99. The van der Waals surface area contributed by atoms with Crippen molar-refractivity contribution < 1.29 is 19.0 Å². The molecule has 0 spiro atoms. The first-order valence-corrected chi connectivity index (χ1v) is 7.99. The molecule has 3 aromatic rings. The van der Waals surface area contributed by atoms with Crippen molar-refractivity contribution in [1.29, 1.82) is 0 Å². The van der Waals surface area contributed by atoms with E-state index in [1.54, 1.807) is 13.2 Å². The van der Waals surface area contributed by atoms with Crippen molar-refractivity contribution in [3.63, 3.8) is 0 Å². The van der Waals surface area contributed by atoms with Crippen LogP contribution in [-0.2, 0) is 11.2 Å². The molecule has 128 valence electrons. The number of carboxylic acid groups (broad SMARTS) is 1. The van der Waals surface area contributed by atoms with Crippen LogP contribution in [0.4, 0.5) is 4.39 Å². The molecule has 3 N–H and O–H groups in total. The Hall–Kier alpha value is -2.86. The number of halogens is 1. The summed E-state index contributed by atoms with van der Waals surface area (Å²) in [6.07, 6.45) is 0.306. The van der Waals surface area contributed by atoms with Gasteiger partial charge in [0.1, 0.15) is 17.6 Å². The number of H-pyrrole nitrogens is 1. The third kappa shape index (κ3) is 2.64. The van der Waals surface area contributed by atoms with Crippen LogP contribution in [-0.4, -0.2) is 29.2 Å². The normalized spacial score (nSPS) is 19.6. The zero-order chi connectivity index (χ0) is 17.6. The topological polar surface area (TPSA) is 74.3 Å². The van der Waals surface area contributed by atoms with Crippen molar-refractivity contribution in [2.75, 3.05) is 7.11 Å². The van der Waals surface area contributed by atoms with Crippen LogP contribution < -0.4 is 10.1 Å². The van der Waals surface area contributed by atoms with E-state index in [-0.39, 0.29) is 11.9 Å². The molecule has 6 heteroatoms. The highest BCUT2D eigenvalue weighted by molar-refractivity contribution is 5.87. The van der Waals surface area contributed by atoms with E-state index in [1.807, 2.05) is 24.3 Å². The predicted octanol–water partition coefficient (Wildman–Crippen LogP) is 3.00. The quantitative estimate of drug-likeness (QED) is 0.685. The van der Waals surface area contributed by atoms with Crippen molar-refractivity contribution in [3.05, 3.63) is 65.1 Å². The van der Waals surface area contributed by atoms with Gasteiger partial charge in [-0.15, -0.1) is 0 Å². The van der Waals surface area contributed by atoms with Gasteiger partial charge >= 0.3 is 5.97 Å². The maximum atomic E-state index is 13.7. The van der Waals surface area contributed by atoms with Gasteiger partial charge in [0, 0.05) is 23.0 Å². The number of nitrogens with one attached hydrogen (secondary N) is 2. The van der Waals surface area contributed by atoms with Gasteiger partial charge in [-0.3, -0.25) is 10.1 Å². The summed E-state index contributed by atoms with van der Waals surface area (Å²) in [7, 11) is 1.60. The molecule has 5 nitrogen and oxygen atoms in total. The number of fused-ring (bicyclic) bond motifs is 3. The summed E-state index contributed by atoms with van der Waals surface area (Å²) in [6, 6.07) is 11.0. The third-order valence-corrected chi connectivity index (χ3v) is 4.71. The van der Waals surface area contributed by atoms with Gasteiger partial charge in [0.2, 0.25) is 0 Å². The third-order valence-electron chi connectivity index (χ3n) is 4.71. The molecule has 4 rings (SSSR count). The number of benzene rings is 2. The molecule has 0 saturated carbocycles. The van der Waals surface area contributed by atoms with E-state index in [1.165, 1.54) is 12.1 Å². The fourth-order valence-corrected chi connectivity index (χ4v) is 3.47. The van der Waals surface area contributed by atoms with Crippen LogP contribution in [0.1, 0.15) is 22.9 Å². The Bertz CT molecular complexity index is 949. The standard InChI is InChI=1S/C19H17FN2O3/c1-25-12-5-2-10(3-6-12)17-18-14(9-16(22-17)19(23)24)13-8-11(20)4-7-15(13)21-18/h2-8,16-17,21-22H,9H2,1H3,(H,23,24). The highest BCUT2D eigenvalue weighted by atomic mass is 19.1. The van der Waals surface area contributed by atoms with Crippen LogP contribution in [0, 0.1) is 5.82 Å². The zero-order valence-electron chi connectivity index (χ0n) is 13.5. The fourth-order valence-electron chi connectivity index (χ4n) is 3.47. The Labute approximate surface area is 143 Å². The highest BCUT2D eigenvalue weighted by Gasteiger charge is 2.33. The van der Waals surface area contributed by atoms with E-state index in [2.05, 4.69) is 10.3 Å².